The predicted octanol–water partition coefficient (Wildman–Crippen LogP) is 3.84. The van der Waals surface area contributed by atoms with Gasteiger partial charge in [-0.2, -0.15) is 0 Å². The molecule has 0 aromatic heterocycles. The molecular weight excluding hydrogens is 194 g/mol. The minimum absolute atomic E-state index is 0.405. The highest BCUT2D eigenvalue weighted by Gasteiger charge is 2.61. The third-order valence-corrected chi connectivity index (χ3v) is 5.67. The Bertz CT molecular complexity index is 274. The SMILES string of the molecule is CC(C)(C)CN[C@@H]1CC2CCC1(C)C2(C)C. The molecule has 2 bridgehead atoms. The van der Waals surface area contributed by atoms with Gasteiger partial charge < -0.3 is 5.32 Å². The van der Waals surface area contributed by atoms with E-state index < -0.39 is 0 Å². The Kier molecular flexibility index (Phi) is 2.70. The Hall–Kier alpha value is -0.0400. The van der Waals surface area contributed by atoms with E-state index in [2.05, 4.69) is 46.9 Å². The molecule has 3 atom stereocenters. The third-order valence-electron chi connectivity index (χ3n) is 5.67. The fraction of sp³-hybridized carbons (Fsp3) is 1.00. The molecular formula is C15H29N. The Balaban J connectivity index is 2.05. The molecule has 1 heteroatoms. The zero-order chi connectivity index (χ0) is 12.2. The highest BCUT2D eigenvalue weighted by atomic mass is 15.0. The van der Waals surface area contributed by atoms with Gasteiger partial charge in [0.2, 0.25) is 0 Å². The van der Waals surface area contributed by atoms with Crippen molar-refractivity contribution in [1.82, 2.24) is 5.32 Å². The summed E-state index contributed by atoms with van der Waals surface area (Å²) < 4.78 is 0. The molecule has 0 aromatic carbocycles. The van der Waals surface area contributed by atoms with Crippen LogP contribution in [0.2, 0.25) is 0 Å². The van der Waals surface area contributed by atoms with E-state index in [0.717, 1.165) is 18.5 Å². The quantitative estimate of drug-likeness (QED) is 0.750. The lowest BCUT2D eigenvalue weighted by Crippen LogP contribution is -2.46. The summed E-state index contributed by atoms with van der Waals surface area (Å²) >= 11 is 0. The van der Waals surface area contributed by atoms with Crippen LogP contribution in [0, 0.1) is 22.2 Å². The average Bonchev–Trinajstić information content (AvgIpc) is 2.45. The third kappa shape index (κ3) is 1.72. The lowest BCUT2D eigenvalue weighted by atomic mass is 9.69. The van der Waals surface area contributed by atoms with Crippen molar-refractivity contribution in [3.8, 4) is 0 Å². The smallest absolute Gasteiger partial charge is 0.0129 e. The number of rotatable bonds is 2. The van der Waals surface area contributed by atoms with E-state index >= 15 is 0 Å². The van der Waals surface area contributed by atoms with Gasteiger partial charge in [-0.3, -0.25) is 0 Å². The fourth-order valence-corrected chi connectivity index (χ4v) is 3.94. The van der Waals surface area contributed by atoms with Gasteiger partial charge in [-0.25, -0.2) is 0 Å². The summed E-state index contributed by atoms with van der Waals surface area (Å²) in [5.74, 6) is 0.954. The van der Waals surface area contributed by atoms with Crippen molar-refractivity contribution in [1.29, 1.82) is 0 Å². The molecule has 0 saturated heterocycles. The zero-order valence-electron chi connectivity index (χ0n) is 12.0. The maximum atomic E-state index is 3.85. The molecule has 0 aliphatic heterocycles. The van der Waals surface area contributed by atoms with E-state index in [9.17, 15) is 0 Å². The summed E-state index contributed by atoms with van der Waals surface area (Å²) in [6.45, 7) is 15.6. The summed E-state index contributed by atoms with van der Waals surface area (Å²) in [7, 11) is 0. The summed E-state index contributed by atoms with van der Waals surface area (Å²) in [4.78, 5) is 0. The molecule has 2 fully saturated rings. The Morgan fingerprint density at radius 3 is 2.19 bits per heavy atom. The molecule has 1 nitrogen and oxygen atoms in total. The van der Waals surface area contributed by atoms with Gasteiger partial charge in [-0.15, -0.1) is 0 Å². The standard InChI is InChI=1S/C15H29N/c1-13(2,3)10-16-12-9-11-7-8-15(12,6)14(11,4)5/h11-12,16H,7-10H2,1-6H3/t11?,12-,15?/m1/s1. The van der Waals surface area contributed by atoms with Crippen LogP contribution in [0.3, 0.4) is 0 Å². The first kappa shape index (κ1) is 12.4. The van der Waals surface area contributed by atoms with Crippen LogP contribution in [0.4, 0.5) is 0 Å². The first-order valence-electron chi connectivity index (χ1n) is 6.90. The van der Waals surface area contributed by atoms with Crippen LogP contribution in [-0.2, 0) is 0 Å². The van der Waals surface area contributed by atoms with Gasteiger partial charge >= 0.3 is 0 Å². The molecule has 0 radical (unpaired) electrons. The topological polar surface area (TPSA) is 12.0 Å². The van der Waals surface area contributed by atoms with Crippen molar-refractivity contribution in [3.05, 3.63) is 0 Å². The normalized spacial score (nSPS) is 41.6. The number of hydrogen-bond donors (Lipinski definition) is 1. The Morgan fingerprint density at radius 1 is 1.19 bits per heavy atom. The molecule has 2 aliphatic rings. The number of hydrogen-bond acceptors (Lipinski definition) is 1. The van der Waals surface area contributed by atoms with Crippen molar-refractivity contribution in [2.75, 3.05) is 6.54 Å². The second-order valence-corrected chi connectivity index (χ2v) is 8.10. The van der Waals surface area contributed by atoms with Crippen molar-refractivity contribution < 1.29 is 0 Å². The summed E-state index contributed by atoms with van der Waals surface area (Å²) in [5.41, 5.74) is 1.48. The van der Waals surface area contributed by atoms with Gasteiger partial charge in [-0.05, 0) is 41.4 Å². The Labute approximate surface area is 101 Å². The molecule has 2 aliphatic carbocycles. The summed E-state index contributed by atoms with van der Waals surface area (Å²) in [6.07, 6.45) is 4.28. The molecule has 1 N–H and O–H groups in total. The highest BCUT2D eigenvalue weighted by molar-refractivity contribution is 5.13. The van der Waals surface area contributed by atoms with E-state index in [1.165, 1.54) is 19.3 Å². The summed E-state index contributed by atoms with van der Waals surface area (Å²) in [5, 5.41) is 3.85. The molecule has 0 heterocycles. The van der Waals surface area contributed by atoms with E-state index in [1.807, 2.05) is 0 Å². The van der Waals surface area contributed by atoms with Gasteiger partial charge in [0.15, 0.2) is 0 Å². The second-order valence-electron chi connectivity index (χ2n) is 8.10. The van der Waals surface area contributed by atoms with Crippen LogP contribution in [-0.4, -0.2) is 12.6 Å². The average molecular weight is 223 g/mol. The van der Waals surface area contributed by atoms with Gasteiger partial charge in [0.1, 0.15) is 0 Å². The number of nitrogens with one attached hydrogen (secondary N) is 1. The maximum absolute atomic E-state index is 3.85. The minimum atomic E-state index is 0.405. The van der Waals surface area contributed by atoms with Crippen LogP contribution in [0.1, 0.15) is 60.8 Å². The van der Waals surface area contributed by atoms with Crippen molar-refractivity contribution in [2.24, 2.45) is 22.2 Å². The van der Waals surface area contributed by atoms with Crippen molar-refractivity contribution >= 4 is 0 Å². The molecule has 2 saturated carbocycles. The molecule has 2 rings (SSSR count). The fourth-order valence-electron chi connectivity index (χ4n) is 3.94. The van der Waals surface area contributed by atoms with E-state index in [-0.39, 0.29) is 0 Å². The van der Waals surface area contributed by atoms with Gasteiger partial charge in [0.05, 0.1) is 0 Å². The molecule has 2 unspecified atom stereocenters. The van der Waals surface area contributed by atoms with E-state index in [1.54, 1.807) is 0 Å². The predicted molar refractivity (Wildman–Crippen MR) is 70.5 cm³/mol. The van der Waals surface area contributed by atoms with Crippen LogP contribution in [0.15, 0.2) is 0 Å². The van der Waals surface area contributed by atoms with Crippen molar-refractivity contribution in [2.45, 2.75) is 66.8 Å². The maximum Gasteiger partial charge on any atom is 0.0129 e. The Morgan fingerprint density at radius 2 is 1.81 bits per heavy atom. The minimum Gasteiger partial charge on any atom is -0.313 e. The molecule has 16 heavy (non-hydrogen) atoms. The van der Waals surface area contributed by atoms with Gasteiger partial charge in [0.25, 0.3) is 0 Å². The van der Waals surface area contributed by atoms with Crippen LogP contribution >= 0.6 is 0 Å². The van der Waals surface area contributed by atoms with Gasteiger partial charge in [0, 0.05) is 12.6 Å². The first-order valence-corrected chi connectivity index (χ1v) is 6.90. The van der Waals surface area contributed by atoms with Crippen molar-refractivity contribution in [3.63, 3.8) is 0 Å². The van der Waals surface area contributed by atoms with Crippen LogP contribution in [0.5, 0.6) is 0 Å². The molecule has 0 amide bonds. The molecule has 0 aromatic rings. The van der Waals surface area contributed by atoms with Crippen LogP contribution in [0.25, 0.3) is 0 Å². The molecule has 94 valence electrons. The second kappa shape index (κ2) is 3.48. The lowest BCUT2D eigenvalue weighted by Gasteiger charge is -2.40. The largest absolute Gasteiger partial charge is 0.313 e. The number of fused-ring (bicyclic) bond motifs is 2. The molecule has 0 spiro atoms. The van der Waals surface area contributed by atoms with Crippen LogP contribution < -0.4 is 5.32 Å². The van der Waals surface area contributed by atoms with Gasteiger partial charge in [-0.1, -0.05) is 41.5 Å². The lowest BCUT2D eigenvalue weighted by molar-refractivity contribution is 0.116. The zero-order valence-corrected chi connectivity index (χ0v) is 12.0. The van der Waals surface area contributed by atoms with E-state index in [0.29, 0.717) is 16.2 Å². The monoisotopic (exact) mass is 223 g/mol. The first-order chi connectivity index (χ1) is 7.17. The highest BCUT2D eigenvalue weighted by Crippen LogP contribution is 2.65. The summed E-state index contributed by atoms with van der Waals surface area (Å²) in [6, 6.07) is 0.750. The van der Waals surface area contributed by atoms with E-state index in [4.69, 9.17) is 0 Å².